The molecule has 0 spiro atoms. The molecule has 0 aliphatic heterocycles. The molecule has 0 aromatic heterocycles. The lowest BCUT2D eigenvalue weighted by Crippen LogP contribution is -2.45. The standard InChI is InChI=1S/C64H125N2O6P/c1-6-8-10-12-14-16-18-20-22-24-26-28-30-31-32-33-34-35-36-38-40-42-44-46-48-50-52-54-56-58-64(68)65-62(61-72-73(69,70)71-60-59-66(3,4)5)63(67)57-55-53-51-49-47-45-43-41-39-37-29-27-25-23-21-19-17-15-13-11-9-7-2/h26,28,31-32,55,57,62-63,67H,6-25,27,29-30,33-54,56,58-61H2,1-5H3,(H-,65,68,69,70)/p+1/b28-26-,32-31-,57-55+. The van der Waals surface area contributed by atoms with Gasteiger partial charge in [-0.1, -0.05) is 294 Å². The molecule has 3 atom stereocenters. The number of nitrogens with zero attached hydrogens (tertiary/aromatic N) is 1. The Morgan fingerprint density at radius 3 is 1.12 bits per heavy atom. The number of phosphoric acid groups is 1. The Labute approximate surface area is 455 Å². The highest BCUT2D eigenvalue weighted by Crippen LogP contribution is 2.43. The fourth-order valence-electron chi connectivity index (χ4n) is 9.61. The summed E-state index contributed by atoms with van der Waals surface area (Å²) in [6.45, 7) is 4.86. The maximum absolute atomic E-state index is 13.0. The molecule has 0 bridgehead atoms. The number of carbonyl (C=O) groups excluding carboxylic acids is 1. The number of hydrogen-bond donors (Lipinski definition) is 3. The Kier molecular flexibility index (Phi) is 54.5. The predicted molar refractivity (Wildman–Crippen MR) is 318 cm³/mol. The first-order valence-electron chi connectivity index (χ1n) is 31.9. The van der Waals surface area contributed by atoms with E-state index < -0.39 is 20.0 Å². The highest BCUT2D eigenvalue weighted by Gasteiger charge is 2.28. The maximum atomic E-state index is 13.0. The van der Waals surface area contributed by atoms with Crippen LogP contribution in [0.3, 0.4) is 0 Å². The quantitative estimate of drug-likeness (QED) is 0.0243. The smallest absolute Gasteiger partial charge is 0.387 e. The van der Waals surface area contributed by atoms with E-state index in [0.717, 1.165) is 44.9 Å². The van der Waals surface area contributed by atoms with Gasteiger partial charge in [-0.3, -0.25) is 13.8 Å². The van der Waals surface area contributed by atoms with Gasteiger partial charge in [0.15, 0.2) is 0 Å². The second-order valence-corrected chi connectivity index (χ2v) is 24.6. The van der Waals surface area contributed by atoms with Crippen molar-refractivity contribution < 1.29 is 32.9 Å². The van der Waals surface area contributed by atoms with Crippen LogP contribution in [0, 0.1) is 0 Å². The summed E-state index contributed by atoms with van der Waals surface area (Å²) in [6.07, 6.45) is 72.6. The molecule has 9 heteroatoms. The Morgan fingerprint density at radius 1 is 0.466 bits per heavy atom. The number of nitrogens with one attached hydrogen (secondary N) is 1. The van der Waals surface area contributed by atoms with Gasteiger partial charge in [0, 0.05) is 6.42 Å². The molecular weight excluding hydrogens is 924 g/mol. The largest absolute Gasteiger partial charge is 0.472 e. The van der Waals surface area contributed by atoms with E-state index in [1.165, 1.54) is 250 Å². The van der Waals surface area contributed by atoms with E-state index in [0.29, 0.717) is 17.4 Å². The first-order valence-corrected chi connectivity index (χ1v) is 33.4. The summed E-state index contributed by atoms with van der Waals surface area (Å²) in [7, 11) is 1.58. The molecule has 0 saturated carbocycles. The maximum Gasteiger partial charge on any atom is 0.472 e. The minimum absolute atomic E-state index is 0.0624. The van der Waals surface area contributed by atoms with Gasteiger partial charge in [0.05, 0.1) is 39.9 Å². The van der Waals surface area contributed by atoms with Crippen molar-refractivity contribution in [2.24, 2.45) is 0 Å². The van der Waals surface area contributed by atoms with E-state index in [1.807, 2.05) is 27.2 Å². The Balaban J connectivity index is 4.12. The van der Waals surface area contributed by atoms with E-state index in [4.69, 9.17) is 9.05 Å². The number of rotatable bonds is 59. The third-order valence-corrected chi connectivity index (χ3v) is 15.6. The van der Waals surface area contributed by atoms with Crippen LogP contribution in [0.5, 0.6) is 0 Å². The monoisotopic (exact) mass is 1050 g/mol. The van der Waals surface area contributed by atoms with Crippen LogP contribution in [0.25, 0.3) is 0 Å². The summed E-state index contributed by atoms with van der Waals surface area (Å²) in [5.41, 5.74) is 0. The molecule has 0 aromatic carbocycles. The average molecular weight is 1050 g/mol. The molecule has 0 fully saturated rings. The number of aliphatic hydroxyl groups excluding tert-OH is 1. The minimum atomic E-state index is -4.35. The van der Waals surface area contributed by atoms with Gasteiger partial charge in [0.25, 0.3) is 0 Å². The van der Waals surface area contributed by atoms with Gasteiger partial charge < -0.3 is 19.8 Å². The summed E-state index contributed by atoms with van der Waals surface area (Å²) < 4.78 is 23.8. The molecule has 3 N–H and O–H groups in total. The summed E-state index contributed by atoms with van der Waals surface area (Å²) >= 11 is 0. The number of likely N-dealkylation sites (N-methyl/N-ethyl adjacent to an activating group) is 1. The average Bonchev–Trinajstić information content (AvgIpc) is 3.35. The van der Waals surface area contributed by atoms with E-state index >= 15 is 0 Å². The third-order valence-electron chi connectivity index (χ3n) is 14.6. The lowest BCUT2D eigenvalue weighted by molar-refractivity contribution is -0.870. The van der Waals surface area contributed by atoms with Crippen molar-refractivity contribution >= 4 is 13.7 Å². The van der Waals surface area contributed by atoms with Gasteiger partial charge in [0.1, 0.15) is 13.2 Å². The van der Waals surface area contributed by atoms with Crippen LogP contribution in [0.1, 0.15) is 316 Å². The zero-order valence-electron chi connectivity index (χ0n) is 49.4. The Hall–Kier alpha value is -1.28. The van der Waals surface area contributed by atoms with Crippen molar-refractivity contribution in [1.29, 1.82) is 0 Å². The molecular formula is C64H126N2O6P+. The molecule has 0 rings (SSSR count). The van der Waals surface area contributed by atoms with Crippen molar-refractivity contribution in [3.05, 3.63) is 36.5 Å². The second-order valence-electron chi connectivity index (χ2n) is 23.1. The fourth-order valence-corrected chi connectivity index (χ4v) is 10.3. The number of unbranched alkanes of at least 4 members (excludes halogenated alkanes) is 42. The predicted octanol–water partition coefficient (Wildman–Crippen LogP) is 19.7. The van der Waals surface area contributed by atoms with E-state index in [1.54, 1.807) is 6.08 Å². The molecule has 0 aliphatic carbocycles. The number of aliphatic hydroxyl groups is 1. The van der Waals surface area contributed by atoms with Crippen LogP contribution in [0.4, 0.5) is 0 Å². The van der Waals surface area contributed by atoms with Gasteiger partial charge in [-0.05, 0) is 51.4 Å². The van der Waals surface area contributed by atoms with Crippen molar-refractivity contribution in [1.82, 2.24) is 5.32 Å². The number of quaternary nitrogens is 1. The Morgan fingerprint density at radius 2 is 0.781 bits per heavy atom. The molecule has 1 amide bonds. The topological polar surface area (TPSA) is 105 Å². The number of phosphoric ester groups is 1. The number of allylic oxidation sites excluding steroid dienone is 5. The van der Waals surface area contributed by atoms with Gasteiger partial charge in [-0.25, -0.2) is 4.57 Å². The number of amides is 1. The summed E-state index contributed by atoms with van der Waals surface area (Å²) in [5, 5.41) is 14.0. The summed E-state index contributed by atoms with van der Waals surface area (Å²) in [6, 6.07) is -0.847. The molecule has 0 saturated heterocycles. The van der Waals surface area contributed by atoms with Crippen molar-refractivity contribution in [2.75, 3.05) is 40.9 Å². The SMILES string of the molecule is CCCCCCCCCCC/C=C\C/C=C\CCCCCCCCCCCCCCCC(=O)NC(COP(=O)(O)OCC[N+](C)(C)C)C(O)/C=C/CCCCCCCCCCCCCCCCCCCCCC. The van der Waals surface area contributed by atoms with Crippen LogP contribution in [0.15, 0.2) is 36.5 Å². The van der Waals surface area contributed by atoms with Gasteiger partial charge in [-0.2, -0.15) is 0 Å². The van der Waals surface area contributed by atoms with Crippen LogP contribution in [-0.2, 0) is 18.4 Å². The number of carbonyl (C=O) groups is 1. The first kappa shape index (κ1) is 71.7. The molecule has 0 aliphatic rings. The Bertz CT molecular complexity index is 1280. The summed E-state index contributed by atoms with van der Waals surface area (Å²) in [5.74, 6) is -0.173. The minimum Gasteiger partial charge on any atom is -0.387 e. The van der Waals surface area contributed by atoms with Crippen LogP contribution < -0.4 is 5.32 Å². The normalized spacial score (nSPS) is 14.0. The molecule has 0 aromatic rings. The van der Waals surface area contributed by atoms with Gasteiger partial charge in [-0.15, -0.1) is 0 Å². The van der Waals surface area contributed by atoms with Crippen LogP contribution in [0.2, 0.25) is 0 Å². The molecule has 8 nitrogen and oxygen atoms in total. The molecule has 432 valence electrons. The number of hydrogen-bond acceptors (Lipinski definition) is 5. The van der Waals surface area contributed by atoms with Crippen molar-refractivity contribution in [2.45, 2.75) is 328 Å². The first-order chi connectivity index (χ1) is 35.5. The molecule has 73 heavy (non-hydrogen) atoms. The highest BCUT2D eigenvalue weighted by molar-refractivity contribution is 7.47. The third kappa shape index (κ3) is 58.2. The van der Waals surface area contributed by atoms with Gasteiger partial charge >= 0.3 is 7.82 Å². The zero-order valence-corrected chi connectivity index (χ0v) is 50.3. The van der Waals surface area contributed by atoms with E-state index in [-0.39, 0.29) is 19.1 Å². The van der Waals surface area contributed by atoms with E-state index in [2.05, 4.69) is 43.5 Å². The molecule has 3 unspecified atom stereocenters. The lowest BCUT2D eigenvalue weighted by Gasteiger charge is -2.25. The fraction of sp³-hybridized carbons (Fsp3) is 0.891. The van der Waals surface area contributed by atoms with Crippen molar-refractivity contribution in [3.8, 4) is 0 Å². The van der Waals surface area contributed by atoms with Crippen LogP contribution >= 0.6 is 7.82 Å². The second kappa shape index (κ2) is 55.5. The lowest BCUT2D eigenvalue weighted by atomic mass is 10.0. The molecule has 0 heterocycles. The van der Waals surface area contributed by atoms with Crippen molar-refractivity contribution in [3.63, 3.8) is 0 Å². The van der Waals surface area contributed by atoms with Crippen LogP contribution in [-0.4, -0.2) is 73.4 Å². The zero-order chi connectivity index (χ0) is 53.5. The van der Waals surface area contributed by atoms with Gasteiger partial charge in [0.2, 0.25) is 5.91 Å². The van der Waals surface area contributed by atoms with E-state index in [9.17, 15) is 19.4 Å². The highest BCUT2D eigenvalue weighted by atomic mass is 31.2. The summed E-state index contributed by atoms with van der Waals surface area (Å²) in [4.78, 5) is 23.4. The molecule has 0 radical (unpaired) electrons.